The van der Waals surface area contributed by atoms with Crippen LogP contribution in [0.4, 0.5) is 0 Å². The van der Waals surface area contributed by atoms with E-state index >= 15 is 0 Å². The summed E-state index contributed by atoms with van der Waals surface area (Å²) < 4.78 is 5.23. The highest BCUT2D eigenvalue weighted by molar-refractivity contribution is 5.84. The number of nitrogens with one attached hydrogen (secondary N) is 1. The molecule has 0 heterocycles. The number of ether oxygens (including phenoxy) is 1. The van der Waals surface area contributed by atoms with Gasteiger partial charge in [0.15, 0.2) is 0 Å². The van der Waals surface area contributed by atoms with E-state index in [1.165, 1.54) is 16.3 Å². The molecule has 2 aromatic rings. The zero-order chi connectivity index (χ0) is 14.6. The van der Waals surface area contributed by atoms with Crippen molar-refractivity contribution in [3.63, 3.8) is 0 Å². The minimum Gasteiger partial charge on any atom is -0.497 e. The molecule has 0 saturated heterocycles. The van der Waals surface area contributed by atoms with Crippen LogP contribution >= 0.6 is 0 Å². The van der Waals surface area contributed by atoms with Gasteiger partial charge in [0.05, 0.1) is 12.7 Å². The van der Waals surface area contributed by atoms with Crippen LogP contribution in [-0.4, -0.2) is 24.4 Å². The molecule has 1 unspecified atom stereocenters. The van der Waals surface area contributed by atoms with Crippen LogP contribution in [0.5, 0.6) is 5.75 Å². The lowest BCUT2D eigenvalue weighted by Crippen LogP contribution is -2.36. The number of hydrogen-bond donors (Lipinski definition) is 2. The second kappa shape index (κ2) is 6.25. The summed E-state index contributed by atoms with van der Waals surface area (Å²) in [7, 11) is 1.68. The summed E-state index contributed by atoms with van der Waals surface area (Å²) >= 11 is 0. The Kier molecular flexibility index (Phi) is 4.63. The standard InChI is InChI=1S/C17H23NO2/c1-4-17(2,19)12-18-11-13-5-6-15-10-16(20-3)8-7-14(15)9-13/h5-10,18-19H,4,11-12H2,1-3H3. The van der Waals surface area contributed by atoms with Crippen molar-refractivity contribution < 1.29 is 9.84 Å². The first-order valence-electron chi connectivity index (χ1n) is 7.04. The van der Waals surface area contributed by atoms with Gasteiger partial charge in [-0.2, -0.15) is 0 Å². The highest BCUT2D eigenvalue weighted by atomic mass is 16.5. The van der Waals surface area contributed by atoms with Crippen molar-refractivity contribution in [2.75, 3.05) is 13.7 Å². The molecule has 0 aliphatic carbocycles. The summed E-state index contributed by atoms with van der Waals surface area (Å²) in [6.45, 7) is 5.21. The van der Waals surface area contributed by atoms with Crippen molar-refractivity contribution in [1.29, 1.82) is 0 Å². The van der Waals surface area contributed by atoms with Crippen LogP contribution in [0.1, 0.15) is 25.8 Å². The summed E-state index contributed by atoms with van der Waals surface area (Å²) in [6.07, 6.45) is 0.748. The summed E-state index contributed by atoms with van der Waals surface area (Å²) in [5.74, 6) is 0.877. The van der Waals surface area contributed by atoms with Gasteiger partial charge in [-0.15, -0.1) is 0 Å². The Labute approximate surface area is 120 Å². The molecule has 20 heavy (non-hydrogen) atoms. The molecule has 1 atom stereocenters. The van der Waals surface area contributed by atoms with Gasteiger partial charge in [0.1, 0.15) is 5.75 Å². The number of methoxy groups -OCH3 is 1. The van der Waals surface area contributed by atoms with E-state index in [9.17, 15) is 5.11 Å². The van der Waals surface area contributed by atoms with Crippen LogP contribution in [0.15, 0.2) is 36.4 Å². The van der Waals surface area contributed by atoms with Crippen molar-refractivity contribution >= 4 is 10.8 Å². The minimum atomic E-state index is -0.635. The first-order valence-corrected chi connectivity index (χ1v) is 7.04. The van der Waals surface area contributed by atoms with E-state index in [0.29, 0.717) is 6.54 Å². The molecule has 0 aliphatic heterocycles. The van der Waals surface area contributed by atoms with Crippen molar-refractivity contribution in [3.8, 4) is 5.75 Å². The Bertz CT molecular complexity index is 578. The van der Waals surface area contributed by atoms with E-state index in [2.05, 4.69) is 29.6 Å². The fourth-order valence-corrected chi connectivity index (χ4v) is 2.11. The molecule has 3 heteroatoms. The number of benzene rings is 2. The number of rotatable bonds is 6. The van der Waals surface area contributed by atoms with Gasteiger partial charge >= 0.3 is 0 Å². The van der Waals surface area contributed by atoms with E-state index in [4.69, 9.17) is 4.74 Å². The summed E-state index contributed by atoms with van der Waals surface area (Å²) in [6, 6.07) is 12.5. The van der Waals surface area contributed by atoms with Crippen molar-refractivity contribution in [3.05, 3.63) is 42.0 Å². The number of hydrogen-bond acceptors (Lipinski definition) is 3. The maximum atomic E-state index is 9.95. The first-order chi connectivity index (χ1) is 9.54. The Morgan fingerprint density at radius 1 is 1.15 bits per heavy atom. The highest BCUT2D eigenvalue weighted by Crippen LogP contribution is 2.21. The number of aliphatic hydroxyl groups is 1. The van der Waals surface area contributed by atoms with Crippen LogP contribution in [0.3, 0.4) is 0 Å². The molecule has 0 fully saturated rings. The van der Waals surface area contributed by atoms with Crippen LogP contribution in [0.25, 0.3) is 10.8 Å². The van der Waals surface area contributed by atoms with Gasteiger partial charge in [-0.05, 0) is 47.9 Å². The summed E-state index contributed by atoms with van der Waals surface area (Å²) in [5, 5.41) is 15.6. The number of fused-ring (bicyclic) bond motifs is 1. The molecule has 3 nitrogen and oxygen atoms in total. The Hall–Kier alpha value is -1.58. The molecule has 0 amide bonds. The van der Waals surface area contributed by atoms with E-state index in [-0.39, 0.29) is 0 Å². The van der Waals surface area contributed by atoms with Crippen LogP contribution in [-0.2, 0) is 6.54 Å². The maximum Gasteiger partial charge on any atom is 0.119 e. The molecule has 108 valence electrons. The summed E-state index contributed by atoms with van der Waals surface area (Å²) in [4.78, 5) is 0. The van der Waals surface area contributed by atoms with E-state index in [1.807, 2.05) is 26.0 Å². The third kappa shape index (κ3) is 3.71. The molecule has 2 rings (SSSR count). The second-order valence-electron chi connectivity index (χ2n) is 5.50. The zero-order valence-electron chi connectivity index (χ0n) is 12.4. The molecule has 0 radical (unpaired) electrons. The lowest BCUT2D eigenvalue weighted by molar-refractivity contribution is 0.0556. The van der Waals surface area contributed by atoms with Crippen LogP contribution in [0.2, 0.25) is 0 Å². The summed E-state index contributed by atoms with van der Waals surface area (Å²) in [5.41, 5.74) is 0.582. The SMILES string of the molecule is CCC(C)(O)CNCc1ccc2cc(OC)ccc2c1. The Balaban J connectivity index is 2.05. The monoisotopic (exact) mass is 273 g/mol. The minimum absolute atomic E-state index is 0.601. The lowest BCUT2D eigenvalue weighted by Gasteiger charge is -2.21. The van der Waals surface area contributed by atoms with Gasteiger partial charge in [0.25, 0.3) is 0 Å². The molecule has 0 bridgehead atoms. The largest absolute Gasteiger partial charge is 0.497 e. The fourth-order valence-electron chi connectivity index (χ4n) is 2.11. The Morgan fingerprint density at radius 2 is 1.85 bits per heavy atom. The molecule has 0 aliphatic rings. The third-order valence-corrected chi connectivity index (χ3v) is 3.71. The highest BCUT2D eigenvalue weighted by Gasteiger charge is 2.16. The average molecular weight is 273 g/mol. The topological polar surface area (TPSA) is 41.5 Å². The zero-order valence-corrected chi connectivity index (χ0v) is 12.4. The lowest BCUT2D eigenvalue weighted by atomic mass is 10.0. The van der Waals surface area contributed by atoms with Gasteiger partial charge in [-0.25, -0.2) is 0 Å². The third-order valence-electron chi connectivity index (χ3n) is 3.71. The molecule has 2 N–H and O–H groups in total. The molecular formula is C17H23NO2. The Morgan fingerprint density at radius 3 is 2.55 bits per heavy atom. The van der Waals surface area contributed by atoms with Gasteiger partial charge in [-0.1, -0.05) is 25.1 Å². The first kappa shape index (κ1) is 14.8. The predicted octanol–water partition coefficient (Wildman–Crippen LogP) is 3.10. The van der Waals surface area contributed by atoms with E-state index in [1.54, 1.807) is 7.11 Å². The smallest absolute Gasteiger partial charge is 0.119 e. The van der Waals surface area contributed by atoms with Crippen LogP contribution in [0, 0.1) is 0 Å². The average Bonchev–Trinajstić information content (AvgIpc) is 2.46. The van der Waals surface area contributed by atoms with Crippen LogP contribution < -0.4 is 10.1 Å². The van der Waals surface area contributed by atoms with Gasteiger partial charge in [0.2, 0.25) is 0 Å². The van der Waals surface area contributed by atoms with Gasteiger partial charge in [-0.3, -0.25) is 0 Å². The van der Waals surface area contributed by atoms with E-state index < -0.39 is 5.60 Å². The quantitative estimate of drug-likeness (QED) is 0.850. The molecule has 0 aromatic heterocycles. The van der Waals surface area contributed by atoms with Crippen molar-refractivity contribution in [2.24, 2.45) is 0 Å². The maximum absolute atomic E-state index is 9.95. The van der Waals surface area contributed by atoms with Crippen molar-refractivity contribution in [2.45, 2.75) is 32.4 Å². The second-order valence-corrected chi connectivity index (χ2v) is 5.50. The van der Waals surface area contributed by atoms with E-state index in [0.717, 1.165) is 18.7 Å². The van der Waals surface area contributed by atoms with Crippen molar-refractivity contribution in [1.82, 2.24) is 5.32 Å². The molecular weight excluding hydrogens is 250 g/mol. The predicted molar refractivity (Wildman–Crippen MR) is 83.1 cm³/mol. The molecule has 0 saturated carbocycles. The molecule has 2 aromatic carbocycles. The van der Waals surface area contributed by atoms with Gasteiger partial charge in [0, 0.05) is 13.1 Å². The van der Waals surface area contributed by atoms with Gasteiger partial charge < -0.3 is 15.2 Å². The molecule has 0 spiro atoms. The normalized spacial score (nSPS) is 14.2. The fraction of sp³-hybridized carbons (Fsp3) is 0.412.